The van der Waals surface area contributed by atoms with Crippen LogP contribution in [0.15, 0.2) is 18.3 Å². The molecule has 1 amide bonds. The summed E-state index contributed by atoms with van der Waals surface area (Å²) in [5, 5.41) is 7.81. The Labute approximate surface area is 119 Å². The summed E-state index contributed by atoms with van der Waals surface area (Å²) in [5.41, 5.74) is 0.966. The number of primary sulfonamides is 1. The Morgan fingerprint density at radius 1 is 1.40 bits per heavy atom. The fourth-order valence-corrected chi connectivity index (χ4v) is 2.05. The van der Waals surface area contributed by atoms with Crippen molar-refractivity contribution in [2.75, 3.05) is 30.7 Å². The molecule has 1 heterocycles. The van der Waals surface area contributed by atoms with E-state index in [2.05, 4.69) is 10.3 Å². The number of nitrogens with one attached hydrogen (secondary N) is 1. The van der Waals surface area contributed by atoms with E-state index in [1.165, 1.54) is 6.20 Å². The molecule has 20 heavy (non-hydrogen) atoms. The van der Waals surface area contributed by atoms with Crippen LogP contribution in [-0.2, 0) is 10.0 Å². The molecule has 0 bridgehead atoms. The maximum atomic E-state index is 12.1. The molecule has 1 rings (SSSR count). The zero-order chi connectivity index (χ0) is 15.2. The van der Waals surface area contributed by atoms with Gasteiger partial charge in [-0.3, -0.25) is 9.78 Å². The molecule has 0 aliphatic rings. The van der Waals surface area contributed by atoms with E-state index in [1.54, 1.807) is 17.0 Å². The summed E-state index contributed by atoms with van der Waals surface area (Å²) < 4.78 is 21.7. The number of carbonyl (C=O) groups excluding carboxylic acids is 1. The van der Waals surface area contributed by atoms with Gasteiger partial charge >= 0.3 is 0 Å². The van der Waals surface area contributed by atoms with Gasteiger partial charge in [-0.2, -0.15) is 0 Å². The molecule has 3 N–H and O–H groups in total. The van der Waals surface area contributed by atoms with Crippen LogP contribution in [0, 0.1) is 0 Å². The summed E-state index contributed by atoms with van der Waals surface area (Å²) in [7, 11) is -3.50. The molecule has 0 aliphatic heterocycles. The minimum Gasteiger partial charge on any atom is -0.384 e. The van der Waals surface area contributed by atoms with Crippen molar-refractivity contribution in [2.45, 2.75) is 13.8 Å². The van der Waals surface area contributed by atoms with Crippen molar-refractivity contribution >= 4 is 21.6 Å². The molecule has 0 aliphatic carbocycles. The molecule has 112 valence electrons. The molecule has 1 aromatic rings. The highest BCUT2D eigenvalue weighted by molar-refractivity contribution is 7.89. The number of nitrogens with two attached hydrogens (primary N) is 1. The van der Waals surface area contributed by atoms with Crippen LogP contribution < -0.4 is 10.5 Å². The smallest absolute Gasteiger partial charge is 0.272 e. The second kappa shape index (κ2) is 7.20. The van der Waals surface area contributed by atoms with Gasteiger partial charge in [0.05, 0.1) is 5.75 Å². The number of hydrogen-bond donors (Lipinski definition) is 2. The average Bonchev–Trinajstić information content (AvgIpc) is 2.39. The molecule has 1 aromatic heterocycles. The van der Waals surface area contributed by atoms with Crippen LogP contribution in [0.4, 0.5) is 5.69 Å². The van der Waals surface area contributed by atoms with Crippen LogP contribution >= 0.6 is 0 Å². The Morgan fingerprint density at radius 3 is 2.60 bits per heavy atom. The van der Waals surface area contributed by atoms with Crippen molar-refractivity contribution in [3.63, 3.8) is 0 Å². The van der Waals surface area contributed by atoms with E-state index in [0.29, 0.717) is 24.5 Å². The summed E-state index contributed by atoms with van der Waals surface area (Å²) in [6.07, 6.45) is 1.51. The predicted molar refractivity (Wildman–Crippen MR) is 78.0 cm³/mol. The Morgan fingerprint density at radius 2 is 2.05 bits per heavy atom. The third kappa shape index (κ3) is 5.14. The monoisotopic (exact) mass is 300 g/mol. The average molecular weight is 300 g/mol. The van der Waals surface area contributed by atoms with E-state index in [9.17, 15) is 13.2 Å². The third-order valence-corrected chi connectivity index (χ3v) is 3.52. The number of anilines is 1. The summed E-state index contributed by atoms with van der Waals surface area (Å²) in [6, 6.07) is 3.27. The Balaban J connectivity index is 2.73. The highest BCUT2D eigenvalue weighted by Gasteiger charge is 2.14. The van der Waals surface area contributed by atoms with Crippen molar-refractivity contribution in [1.82, 2.24) is 9.88 Å². The van der Waals surface area contributed by atoms with Gasteiger partial charge in [0, 0.05) is 31.5 Å². The standard InChI is InChI=1S/C12H20N4O3S/c1-3-16(4-2)12(17)11-9-10(5-6-15-11)14-7-8-20(13,18)19/h5-6,9H,3-4,7-8H2,1-2H3,(H,14,15)(H2,13,18,19). The number of nitrogens with zero attached hydrogens (tertiary/aromatic N) is 2. The SMILES string of the molecule is CCN(CC)C(=O)c1cc(NCCS(N)(=O)=O)ccn1. The maximum Gasteiger partial charge on any atom is 0.272 e. The summed E-state index contributed by atoms with van der Waals surface area (Å²) >= 11 is 0. The van der Waals surface area contributed by atoms with Gasteiger partial charge in [0.15, 0.2) is 0 Å². The molecule has 0 spiro atoms. The summed E-state index contributed by atoms with van der Waals surface area (Å²) in [6.45, 7) is 5.20. The zero-order valence-electron chi connectivity index (χ0n) is 11.7. The second-order valence-electron chi connectivity index (χ2n) is 4.20. The minimum atomic E-state index is -3.50. The highest BCUT2D eigenvalue weighted by atomic mass is 32.2. The molecule has 0 saturated carbocycles. The van der Waals surface area contributed by atoms with Gasteiger partial charge in [0.1, 0.15) is 5.69 Å². The van der Waals surface area contributed by atoms with Gasteiger partial charge in [-0.1, -0.05) is 0 Å². The zero-order valence-corrected chi connectivity index (χ0v) is 12.5. The Bertz CT molecular complexity index is 556. The first kappa shape index (κ1) is 16.4. The number of hydrogen-bond acceptors (Lipinski definition) is 5. The van der Waals surface area contributed by atoms with Crippen molar-refractivity contribution in [1.29, 1.82) is 0 Å². The molecule has 0 atom stereocenters. The van der Waals surface area contributed by atoms with E-state index in [1.807, 2.05) is 13.8 Å². The Kier molecular flexibility index (Phi) is 5.90. The molecule has 0 saturated heterocycles. The number of aromatic nitrogens is 1. The lowest BCUT2D eigenvalue weighted by molar-refractivity contribution is 0.0767. The van der Waals surface area contributed by atoms with E-state index in [4.69, 9.17) is 5.14 Å². The van der Waals surface area contributed by atoms with Crippen LogP contribution in [-0.4, -0.2) is 49.6 Å². The lowest BCUT2D eigenvalue weighted by Gasteiger charge is -2.18. The largest absolute Gasteiger partial charge is 0.384 e. The predicted octanol–water partition coefficient (Wildman–Crippen LogP) is 0.264. The first-order chi connectivity index (χ1) is 9.37. The molecule has 0 unspecified atom stereocenters. The van der Waals surface area contributed by atoms with Crippen molar-refractivity contribution in [2.24, 2.45) is 5.14 Å². The van der Waals surface area contributed by atoms with Crippen molar-refractivity contribution < 1.29 is 13.2 Å². The Hall–Kier alpha value is -1.67. The van der Waals surface area contributed by atoms with E-state index >= 15 is 0 Å². The van der Waals surface area contributed by atoms with Gasteiger partial charge in [-0.25, -0.2) is 13.6 Å². The van der Waals surface area contributed by atoms with Crippen LogP contribution in [0.25, 0.3) is 0 Å². The molecular weight excluding hydrogens is 280 g/mol. The first-order valence-corrected chi connectivity index (χ1v) is 8.08. The van der Waals surface area contributed by atoms with Crippen LogP contribution in [0.5, 0.6) is 0 Å². The number of pyridine rings is 1. The van der Waals surface area contributed by atoms with Gasteiger partial charge in [0.2, 0.25) is 10.0 Å². The highest BCUT2D eigenvalue weighted by Crippen LogP contribution is 2.10. The molecular formula is C12H20N4O3S. The second-order valence-corrected chi connectivity index (χ2v) is 5.93. The van der Waals surface area contributed by atoms with Crippen molar-refractivity contribution in [3.8, 4) is 0 Å². The molecule has 0 aromatic carbocycles. The van der Waals surface area contributed by atoms with E-state index in [0.717, 1.165) is 0 Å². The molecule has 7 nitrogen and oxygen atoms in total. The number of rotatable bonds is 7. The minimum absolute atomic E-state index is 0.148. The number of sulfonamides is 1. The van der Waals surface area contributed by atoms with Gasteiger partial charge in [-0.05, 0) is 26.0 Å². The van der Waals surface area contributed by atoms with Crippen LogP contribution in [0.3, 0.4) is 0 Å². The van der Waals surface area contributed by atoms with Gasteiger partial charge < -0.3 is 10.2 Å². The third-order valence-electron chi connectivity index (χ3n) is 2.75. The lowest BCUT2D eigenvalue weighted by atomic mass is 10.2. The van der Waals surface area contributed by atoms with E-state index < -0.39 is 10.0 Å². The fraction of sp³-hybridized carbons (Fsp3) is 0.500. The number of carbonyl (C=O) groups is 1. The fourth-order valence-electron chi connectivity index (χ4n) is 1.67. The first-order valence-electron chi connectivity index (χ1n) is 6.37. The molecule has 0 fully saturated rings. The lowest BCUT2D eigenvalue weighted by Crippen LogP contribution is -2.31. The normalized spacial score (nSPS) is 11.2. The van der Waals surface area contributed by atoms with Gasteiger partial charge in [-0.15, -0.1) is 0 Å². The molecule has 8 heteroatoms. The summed E-state index contributed by atoms with van der Waals surface area (Å²) in [5.74, 6) is -0.320. The number of amides is 1. The van der Waals surface area contributed by atoms with Crippen LogP contribution in [0.1, 0.15) is 24.3 Å². The maximum absolute atomic E-state index is 12.1. The van der Waals surface area contributed by atoms with Gasteiger partial charge in [0.25, 0.3) is 5.91 Å². The summed E-state index contributed by atoms with van der Waals surface area (Å²) in [4.78, 5) is 17.8. The van der Waals surface area contributed by atoms with Crippen LogP contribution in [0.2, 0.25) is 0 Å². The molecule has 0 radical (unpaired) electrons. The quantitative estimate of drug-likeness (QED) is 0.751. The van der Waals surface area contributed by atoms with E-state index in [-0.39, 0.29) is 18.2 Å². The van der Waals surface area contributed by atoms with Crippen molar-refractivity contribution in [3.05, 3.63) is 24.0 Å². The topological polar surface area (TPSA) is 105 Å².